The number of fused-ring (bicyclic) bond motifs is 1. The zero-order chi connectivity index (χ0) is 18.4. The van der Waals surface area contributed by atoms with Crippen molar-refractivity contribution in [2.75, 3.05) is 6.54 Å². The number of nitrogens with one attached hydrogen (secondary N) is 1. The summed E-state index contributed by atoms with van der Waals surface area (Å²) in [7, 11) is 0. The number of hydrogen-bond donors (Lipinski definition) is 2. The van der Waals surface area contributed by atoms with E-state index in [0.717, 1.165) is 30.6 Å². The van der Waals surface area contributed by atoms with Crippen molar-refractivity contribution in [1.29, 1.82) is 0 Å². The van der Waals surface area contributed by atoms with Crippen LogP contribution in [0.4, 0.5) is 0 Å². The topological polar surface area (TPSA) is 95.7 Å². The van der Waals surface area contributed by atoms with Crippen LogP contribution in [0.2, 0.25) is 0 Å². The summed E-state index contributed by atoms with van der Waals surface area (Å²) in [6, 6.07) is 5.95. The number of nitrogens with two attached hydrogens (primary N) is 1. The van der Waals surface area contributed by atoms with E-state index in [1.807, 2.05) is 12.1 Å². The molecule has 3 atom stereocenters. The van der Waals surface area contributed by atoms with Gasteiger partial charge >= 0.3 is 0 Å². The Kier molecular flexibility index (Phi) is 4.28. The van der Waals surface area contributed by atoms with Gasteiger partial charge < -0.3 is 10.6 Å². The Labute approximate surface area is 152 Å². The first kappa shape index (κ1) is 17.2. The minimum atomic E-state index is -0.562. The molecule has 2 fully saturated rings. The van der Waals surface area contributed by atoms with Crippen LogP contribution >= 0.6 is 0 Å². The van der Waals surface area contributed by atoms with E-state index < -0.39 is 6.04 Å². The van der Waals surface area contributed by atoms with E-state index in [9.17, 15) is 14.4 Å². The molecular weight excluding hydrogens is 332 g/mol. The number of amides is 3. The number of hydrogen-bond acceptors (Lipinski definition) is 5. The Hall–Kier alpha value is -2.25. The number of carbonyl (C=O) groups is 3. The molecule has 26 heavy (non-hydrogen) atoms. The first-order valence-electron chi connectivity index (χ1n) is 9.20. The average molecular weight is 356 g/mol. The van der Waals surface area contributed by atoms with Gasteiger partial charge in [-0.15, -0.1) is 0 Å². The summed E-state index contributed by atoms with van der Waals surface area (Å²) < 4.78 is 0. The van der Waals surface area contributed by atoms with Gasteiger partial charge in [0.2, 0.25) is 11.8 Å². The lowest BCUT2D eigenvalue weighted by molar-refractivity contribution is -0.136. The molecule has 4 rings (SSSR count). The molecular formula is C19H24N4O3. The minimum Gasteiger partial charge on any atom is -0.326 e. The summed E-state index contributed by atoms with van der Waals surface area (Å²) in [5.74, 6) is -0.763. The number of piperidine rings is 1. The zero-order valence-electron chi connectivity index (χ0n) is 14.9. The summed E-state index contributed by atoms with van der Waals surface area (Å²) in [6.45, 7) is 4.30. The molecule has 3 aliphatic rings. The number of rotatable bonds is 3. The molecule has 1 aromatic carbocycles. The normalized spacial score (nSPS) is 29.2. The molecule has 0 aromatic heterocycles. The molecule has 7 nitrogen and oxygen atoms in total. The van der Waals surface area contributed by atoms with Crippen LogP contribution < -0.4 is 11.1 Å². The van der Waals surface area contributed by atoms with Crippen LogP contribution in [0.1, 0.15) is 47.7 Å². The number of benzene rings is 1. The van der Waals surface area contributed by atoms with E-state index in [4.69, 9.17) is 5.73 Å². The van der Waals surface area contributed by atoms with Crippen LogP contribution in [0, 0.1) is 0 Å². The van der Waals surface area contributed by atoms with E-state index in [-0.39, 0.29) is 30.2 Å². The van der Waals surface area contributed by atoms with Crippen molar-refractivity contribution >= 4 is 17.7 Å². The Morgan fingerprint density at radius 1 is 1.23 bits per heavy atom. The summed E-state index contributed by atoms with van der Waals surface area (Å²) in [5.41, 5.74) is 8.79. The summed E-state index contributed by atoms with van der Waals surface area (Å²) in [5, 5.41) is 2.33. The first-order valence-corrected chi connectivity index (χ1v) is 9.20. The maximum absolute atomic E-state index is 12.9. The molecule has 3 N–H and O–H groups in total. The fourth-order valence-corrected chi connectivity index (χ4v) is 4.19. The Balaban J connectivity index is 1.50. The summed E-state index contributed by atoms with van der Waals surface area (Å²) in [4.78, 5) is 40.2. The smallest absolute Gasteiger partial charge is 0.255 e. The fraction of sp³-hybridized carbons (Fsp3) is 0.526. The molecule has 0 radical (unpaired) electrons. The quantitative estimate of drug-likeness (QED) is 0.763. The molecule has 138 valence electrons. The lowest BCUT2D eigenvalue weighted by Crippen LogP contribution is -2.52. The molecule has 7 heteroatoms. The van der Waals surface area contributed by atoms with Gasteiger partial charge in [0, 0.05) is 43.7 Å². The molecule has 0 bridgehead atoms. The van der Waals surface area contributed by atoms with Gasteiger partial charge in [0.1, 0.15) is 6.04 Å². The largest absolute Gasteiger partial charge is 0.326 e. The zero-order valence-corrected chi connectivity index (χ0v) is 14.9. The highest BCUT2D eigenvalue weighted by Crippen LogP contribution is 2.29. The highest BCUT2D eigenvalue weighted by molar-refractivity contribution is 6.05. The second-order valence-electron chi connectivity index (χ2n) is 7.56. The summed E-state index contributed by atoms with van der Waals surface area (Å²) in [6.07, 6.45) is 1.66. The van der Waals surface area contributed by atoms with Gasteiger partial charge in [-0.05, 0) is 37.0 Å². The highest BCUT2D eigenvalue weighted by Gasteiger charge is 2.39. The molecule has 3 heterocycles. The monoisotopic (exact) mass is 356 g/mol. The number of likely N-dealkylation sites (tertiary alicyclic amines) is 1. The third-order valence-corrected chi connectivity index (χ3v) is 5.92. The third kappa shape index (κ3) is 2.91. The standard InChI is InChI=1S/C19H24N4O3/c1-11-15(20)6-7-22(11)9-12-2-3-13-10-23(19(26)14(13)8-12)16-4-5-17(24)21-18(16)25/h2-3,8,11,15-16H,4-7,9-10,20H2,1H3,(H,21,24,25)/t11-,15-,16?/m0/s1. The van der Waals surface area contributed by atoms with Crippen molar-refractivity contribution in [1.82, 2.24) is 15.1 Å². The molecule has 2 saturated heterocycles. The Bertz CT molecular complexity index is 778. The van der Waals surface area contributed by atoms with Gasteiger partial charge in [-0.25, -0.2) is 0 Å². The van der Waals surface area contributed by atoms with E-state index in [2.05, 4.69) is 23.2 Å². The van der Waals surface area contributed by atoms with Crippen LogP contribution in [0.25, 0.3) is 0 Å². The highest BCUT2D eigenvalue weighted by atomic mass is 16.2. The second-order valence-corrected chi connectivity index (χ2v) is 7.56. The SMILES string of the molecule is C[C@H]1[C@@H](N)CCN1Cc1ccc2c(c1)C(=O)N(C1CCC(=O)NC1=O)C2. The Morgan fingerprint density at radius 3 is 2.73 bits per heavy atom. The lowest BCUT2D eigenvalue weighted by atomic mass is 10.0. The number of carbonyl (C=O) groups excluding carboxylic acids is 3. The van der Waals surface area contributed by atoms with Gasteiger partial charge in [-0.1, -0.05) is 12.1 Å². The molecule has 1 unspecified atom stereocenters. The van der Waals surface area contributed by atoms with Crippen LogP contribution in [0.5, 0.6) is 0 Å². The average Bonchev–Trinajstić information content (AvgIpc) is 3.10. The van der Waals surface area contributed by atoms with Crippen molar-refractivity contribution in [3.63, 3.8) is 0 Å². The van der Waals surface area contributed by atoms with Gasteiger partial charge in [0.15, 0.2) is 0 Å². The van der Waals surface area contributed by atoms with E-state index in [1.165, 1.54) is 0 Å². The van der Waals surface area contributed by atoms with Gasteiger partial charge in [-0.3, -0.25) is 24.6 Å². The van der Waals surface area contributed by atoms with Crippen molar-refractivity contribution < 1.29 is 14.4 Å². The van der Waals surface area contributed by atoms with Crippen LogP contribution in [0.3, 0.4) is 0 Å². The number of nitrogens with zero attached hydrogens (tertiary/aromatic N) is 2. The van der Waals surface area contributed by atoms with Crippen LogP contribution in [0.15, 0.2) is 18.2 Å². The molecule has 0 aliphatic carbocycles. The van der Waals surface area contributed by atoms with E-state index in [1.54, 1.807) is 4.90 Å². The summed E-state index contributed by atoms with van der Waals surface area (Å²) >= 11 is 0. The molecule has 3 aliphatic heterocycles. The van der Waals surface area contributed by atoms with Crippen LogP contribution in [-0.4, -0.2) is 52.2 Å². The van der Waals surface area contributed by atoms with E-state index in [0.29, 0.717) is 24.6 Å². The van der Waals surface area contributed by atoms with Gasteiger partial charge in [0.25, 0.3) is 5.91 Å². The maximum atomic E-state index is 12.9. The van der Waals surface area contributed by atoms with Gasteiger partial charge in [-0.2, -0.15) is 0 Å². The minimum absolute atomic E-state index is 0.123. The molecule has 0 spiro atoms. The molecule has 0 saturated carbocycles. The van der Waals surface area contributed by atoms with E-state index >= 15 is 0 Å². The first-order chi connectivity index (χ1) is 12.4. The van der Waals surface area contributed by atoms with Gasteiger partial charge in [0.05, 0.1) is 0 Å². The lowest BCUT2D eigenvalue weighted by Gasteiger charge is -2.29. The predicted molar refractivity (Wildman–Crippen MR) is 95.0 cm³/mol. The number of imide groups is 1. The Morgan fingerprint density at radius 2 is 2.04 bits per heavy atom. The van der Waals surface area contributed by atoms with Crippen molar-refractivity contribution in [3.8, 4) is 0 Å². The van der Waals surface area contributed by atoms with Crippen molar-refractivity contribution in [2.24, 2.45) is 5.73 Å². The molecule has 3 amide bonds. The fourth-order valence-electron chi connectivity index (χ4n) is 4.19. The second kappa shape index (κ2) is 6.48. The third-order valence-electron chi connectivity index (χ3n) is 5.92. The maximum Gasteiger partial charge on any atom is 0.255 e. The van der Waals surface area contributed by atoms with Crippen LogP contribution in [-0.2, 0) is 22.7 Å². The van der Waals surface area contributed by atoms with Crippen molar-refractivity contribution in [2.45, 2.75) is 57.4 Å². The van der Waals surface area contributed by atoms with Crippen molar-refractivity contribution in [3.05, 3.63) is 34.9 Å². The molecule has 1 aromatic rings. The predicted octanol–water partition coefficient (Wildman–Crippen LogP) is 0.369.